The largest absolute Gasteiger partial charge is 0.418 e. The van der Waals surface area contributed by atoms with E-state index >= 15 is 0 Å². The zero-order chi connectivity index (χ0) is 25.3. The summed E-state index contributed by atoms with van der Waals surface area (Å²) < 4.78 is 85.5. The second-order valence-corrected chi connectivity index (χ2v) is 7.99. The van der Waals surface area contributed by atoms with Crippen LogP contribution < -0.4 is 16.0 Å². The van der Waals surface area contributed by atoms with Gasteiger partial charge in [-0.15, -0.1) is 0 Å². The van der Waals surface area contributed by atoms with Crippen LogP contribution in [-0.4, -0.2) is 67.2 Å². The van der Waals surface area contributed by atoms with E-state index in [-0.39, 0.29) is 38.3 Å². The molecule has 0 aromatic heterocycles. The molecule has 14 heteroatoms. The molecule has 0 spiro atoms. The Labute approximate surface area is 190 Å². The Balaban J connectivity index is 1.91. The first-order chi connectivity index (χ1) is 15.8. The van der Waals surface area contributed by atoms with E-state index in [1.54, 1.807) is 0 Å². The molecule has 1 aromatic rings. The smallest absolute Gasteiger partial charge is 0.370 e. The van der Waals surface area contributed by atoms with Crippen molar-refractivity contribution in [2.24, 2.45) is 5.73 Å². The van der Waals surface area contributed by atoms with Crippen LogP contribution in [0.15, 0.2) is 18.2 Å². The van der Waals surface area contributed by atoms with Crippen molar-refractivity contribution < 1.29 is 45.5 Å². The lowest BCUT2D eigenvalue weighted by Crippen LogP contribution is -2.59. The predicted octanol–water partition coefficient (Wildman–Crippen LogP) is 2.28. The first-order valence-corrected chi connectivity index (χ1v) is 10.3. The van der Waals surface area contributed by atoms with Crippen molar-refractivity contribution in [2.75, 3.05) is 36.5 Å². The number of nitrogens with zero attached hydrogens (tertiary/aromatic N) is 2. The number of benzene rings is 1. The van der Waals surface area contributed by atoms with Gasteiger partial charge in [0, 0.05) is 18.3 Å². The van der Waals surface area contributed by atoms with Crippen molar-refractivity contribution in [1.82, 2.24) is 4.90 Å². The van der Waals surface area contributed by atoms with E-state index in [0.29, 0.717) is 17.4 Å². The molecule has 2 aliphatic rings. The van der Waals surface area contributed by atoms with E-state index < -0.39 is 60.0 Å². The van der Waals surface area contributed by atoms with Gasteiger partial charge < -0.3 is 20.7 Å². The van der Waals surface area contributed by atoms with Crippen LogP contribution in [0.3, 0.4) is 0 Å². The van der Waals surface area contributed by atoms with Gasteiger partial charge in [0.25, 0.3) is 11.8 Å². The van der Waals surface area contributed by atoms with Crippen molar-refractivity contribution >= 4 is 29.1 Å². The summed E-state index contributed by atoms with van der Waals surface area (Å²) in [7, 11) is 0. The monoisotopic (exact) mass is 496 g/mol. The summed E-state index contributed by atoms with van der Waals surface area (Å²) in [6.45, 7) is -1.80. The standard InChI is InChI=1S/C20H22F6N4O4/c21-19(22,23)10-30(11-2-1-3-11)16(17(27)32)18(33)28-14-5-4-12(8-13(14)20(24,25)26)29-6-7-34-9-15(29)31/h4-5,8,11,16H,1-3,6-7,9-10H2,(H2,27,32)(H,28,33)/t16-/m0/s1. The number of rotatable bonds is 7. The molecule has 2 fully saturated rings. The number of carbonyl (C=O) groups excluding carboxylic acids is 3. The third-order valence-electron chi connectivity index (χ3n) is 5.62. The maximum Gasteiger partial charge on any atom is 0.418 e. The van der Waals surface area contributed by atoms with Gasteiger partial charge in [0.15, 0.2) is 6.04 Å². The summed E-state index contributed by atoms with van der Waals surface area (Å²) in [5.41, 5.74) is 2.98. The average Bonchev–Trinajstić information content (AvgIpc) is 2.65. The fourth-order valence-electron chi connectivity index (χ4n) is 3.84. The highest BCUT2D eigenvalue weighted by atomic mass is 19.4. The molecule has 0 radical (unpaired) electrons. The molecule has 188 valence electrons. The van der Waals surface area contributed by atoms with Gasteiger partial charge in [-0.1, -0.05) is 6.42 Å². The Morgan fingerprint density at radius 3 is 2.38 bits per heavy atom. The van der Waals surface area contributed by atoms with Crippen LogP contribution in [-0.2, 0) is 25.3 Å². The highest BCUT2D eigenvalue weighted by molar-refractivity contribution is 6.10. The second-order valence-electron chi connectivity index (χ2n) is 7.99. The number of hydrogen-bond acceptors (Lipinski definition) is 5. The van der Waals surface area contributed by atoms with Crippen molar-refractivity contribution in [3.8, 4) is 0 Å². The van der Waals surface area contributed by atoms with Crippen molar-refractivity contribution in [3.05, 3.63) is 23.8 Å². The van der Waals surface area contributed by atoms with Gasteiger partial charge in [0.2, 0.25) is 5.91 Å². The number of amides is 3. The number of nitrogens with one attached hydrogen (secondary N) is 1. The molecule has 1 saturated heterocycles. The van der Waals surface area contributed by atoms with Gasteiger partial charge in [0.1, 0.15) is 6.61 Å². The first kappa shape index (κ1) is 25.7. The second kappa shape index (κ2) is 9.78. The molecule has 3 rings (SSSR count). The number of primary amides is 1. The summed E-state index contributed by atoms with van der Waals surface area (Å²) in [5, 5.41) is 1.91. The van der Waals surface area contributed by atoms with E-state index in [4.69, 9.17) is 10.5 Å². The van der Waals surface area contributed by atoms with Gasteiger partial charge >= 0.3 is 12.4 Å². The fraction of sp³-hybridized carbons (Fsp3) is 0.550. The molecule has 0 bridgehead atoms. The highest BCUT2D eigenvalue weighted by Crippen LogP contribution is 2.38. The number of carbonyl (C=O) groups is 3. The maximum absolute atomic E-state index is 13.7. The lowest BCUT2D eigenvalue weighted by Gasteiger charge is -2.40. The van der Waals surface area contributed by atoms with Gasteiger partial charge in [-0.25, -0.2) is 0 Å². The zero-order valence-electron chi connectivity index (χ0n) is 17.7. The normalized spacial score (nSPS) is 18.6. The third kappa shape index (κ3) is 5.97. The van der Waals surface area contributed by atoms with Crippen LogP contribution in [0.5, 0.6) is 0 Å². The van der Waals surface area contributed by atoms with Crippen molar-refractivity contribution in [2.45, 2.75) is 43.7 Å². The summed E-state index contributed by atoms with van der Waals surface area (Å²) in [6, 6.07) is -0.242. The molecule has 0 unspecified atom stereocenters. The Morgan fingerprint density at radius 2 is 1.88 bits per heavy atom. The van der Waals surface area contributed by atoms with Crippen molar-refractivity contribution in [1.29, 1.82) is 0 Å². The average molecular weight is 496 g/mol. The number of halogens is 6. The molecular weight excluding hydrogens is 474 g/mol. The Morgan fingerprint density at radius 1 is 1.21 bits per heavy atom. The van der Waals surface area contributed by atoms with Gasteiger partial charge in [0.05, 0.1) is 24.4 Å². The van der Waals surface area contributed by atoms with E-state index in [2.05, 4.69) is 0 Å². The van der Waals surface area contributed by atoms with Crippen LogP contribution in [0.2, 0.25) is 0 Å². The van der Waals surface area contributed by atoms with E-state index in [1.165, 1.54) is 0 Å². The van der Waals surface area contributed by atoms with Gasteiger partial charge in [-0.2, -0.15) is 26.3 Å². The maximum atomic E-state index is 13.7. The van der Waals surface area contributed by atoms with Crippen LogP contribution in [0.4, 0.5) is 37.7 Å². The van der Waals surface area contributed by atoms with Crippen LogP contribution in [0.25, 0.3) is 0 Å². The molecule has 34 heavy (non-hydrogen) atoms. The number of morpholine rings is 1. The lowest BCUT2D eigenvalue weighted by molar-refractivity contribution is -0.165. The molecule has 3 amide bonds. The summed E-state index contributed by atoms with van der Waals surface area (Å²) in [4.78, 5) is 38.4. The molecule has 1 saturated carbocycles. The summed E-state index contributed by atoms with van der Waals surface area (Å²) in [6.07, 6.45) is -8.62. The number of ether oxygens (including phenoxy) is 1. The van der Waals surface area contributed by atoms with Crippen LogP contribution in [0, 0.1) is 0 Å². The summed E-state index contributed by atoms with van der Waals surface area (Å²) in [5.74, 6) is -3.39. The number of hydrogen-bond donors (Lipinski definition) is 2. The van der Waals surface area contributed by atoms with Crippen molar-refractivity contribution in [3.63, 3.8) is 0 Å². The van der Waals surface area contributed by atoms with Crippen LogP contribution in [0.1, 0.15) is 24.8 Å². The van der Waals surface area contributed by atoms with Gasteiger partial charge in [-0.3, -0.25) is 19.3 Å². The molecule has 1 aliphatic heterocycles. The zero-order valence-corrected chi connectivity index (χ0v) is 17.7. The lowest BCUT2D eigenvalue weighted by atomic mass is 9.90. The minimum absolute atomic E-state index is 0.0133. The van der Waals surface area contributed by atoms with E-state index in [0.717, 1.165) is 17.0 Å². The van der Waals surface area contributed by atoms with Gasteiger partial charge in [-0.05, 0) is 31.0 Å². The predicted molar refractivity (Wildman–Crippen MR) is 107 cm³/mol. The Bertz CT molecular complexity index is 948. The number of alkyl halides is 6. The van der Waals surface area contributed by atoms with E-state index in [1.807, 2.05) is 5.32 Å². The fourth-order valence-corrected chi connectivity index (χ4v) is 3.84. The molecular formula is C20H22F6N4O4. The Hall–Kier alpha value is -2.87. The molecule has 3 N–H and O–H groups in total. The Kier molecular flexibility index (Phi) is 7.41. The molecule has 8 nitrogen and oxygen atoms in total. The van der Waals surface area contributed by atoms with Crippen LogP contribution >= 0.6 is 0 Å². The topological polar surface area (TPSA) is 105 Å². The summed E-state index contributed by atoms with van der Waals surface area (Å²) >= 11 is 0. The quantitative estimate of drug-likeness (QED) is 0.445. The molecule has 1 aromatic carbocycles. The SMILES string of the molecule is NC(=O)[C@@H](C(=O)Nc1ccc(N2CCOCC2=O)cc1C(F)(F)F)N(CC(F)(F)F)C1CCC1. The molecule has 1 aliphatic carbocycles. The van der Waals surface area contributed by atoms with E-state index in [9.17, 15) is 40.7 Å². The minimum atomic E-state index is -4.99. The minimum Gasteiger partial charge on any atom is -0.370 e. The molecule has 1 heterocycles. The third-order valence-corrected chi connectivity index (χ3v) is 5.62. The first-order valence-electron chi connectivity index (χ1n) is 10.3. The molecule has 1 atom stereocenters. The highest BCUT2D eigenvalue weighted by Gasteiger charge is 2.44. The number of anilines is 2. The number of nitrogens with two attached hydrogens (primary N) is 1.